The molecule has 0 saturated carbocycles. The highest BCUT2D eigenvalue weighted by atomic mass is 32.2. The van der Waals surface area contributed by atoms with Gasteiger partial charge in [0.2, 0.25) is 5.91 Å². The summed E-state index contributed by atoms with van der Waals surface area (Å²) in [5, 5.41) is 0. The van der Waals surface area contributed by atoms with E-state index < -0.39 is 17.7 Å². The summed E-state index contributed by atoms with van der Waals surface area (Å²) in [6.07, 6.45) is 5.28. The van der Waals surface area contributed by atoms with Crippen molar-refractivity contribution in [3.8, 4) is 17.2 Å². The van der Waals surface area contributed by atoms with Crippen LogP contribution in [0.15, 0.2) is 70.4 Å². The van der Waals surface area contributed by atoms with Crippen LogP contribution < -0.4 is 19.9 Å². The molecular formula is C39H46F2N4O4S. The molecule has 1 aliphatic rings. The fourth-order valence-corrected chi connectivity index (χ4v) is 6.49. The van der Waals surface area contributed by atoms with Crippen LogP contribution in [0.2, 0.25) is 0 Å². The molecule has 3 aromatic rings. The fraction of sp³-hybridized carbons (Fsp3) is 0.359. The van der Waals surface area contributed by atoms with E-state index in [0.717, 1.165) is 42.7 Å². The molecule has 0 spiro atoms. The molecule has 4 rings (SSSR count). The number of ether oxygens (including phenoxy) is 2. The van der Waals surface area contributed by atoms with Crippen LogP contribution in [0.3, 0.4) is 0 Å². The number of carbonyl (C=O) groups excluding carboxylic acids is 2. The van der Waals surface area contributed by atoms with Gasteiger partial charge in [-0.25, -0.2) is 8.78 Å². The summed E-state index contributed by atoms with van der Waals surface area (Å²) in [6, 6.07) is 11.9. The van der Waals surface area contributed by atoms with Crippen molar-refractivity contribution in [2.45, 2.75) is 66.3 Å². The maximum atomic E-state index is 15.3. The number of nitrogens with one attached hydrogen (secondary N) is 1. The lowest BCUT2D eigenvalue weighted by molar-refractivity contribution is -0.127. The van der Waals surface area contributed by atoms with Crippen molar-refractivity contribution in [1.82, 2.24) is 4.90 Å². The van der Waals surface area contributed by atoms with E-state index in [0.29, 0.717) is 28.2 Å². The molecule has 8 nitrogen and oxygen atoms in total. The molecule has 1 fully saturated rings. The Bertz CT molecular complexity index is 1790. The number of hydrogen-bond donors (Lipinski definition) is 2. The zero-order chi connectivity index (χ0) is 36.5. The minimum Gasteiger partial charge on any atom is -0.495 e. The van der Waals surface area contributed by atoms with Crippen molar-refractivity contribution in [2.24, 2.45) is 10.7 Å². The number of ketones is 1. The zero-order valence-electron chi connectivity index (χ0n) is 29.7. The number of anilines is 1. The van der Waals surface area contributed by atoms with Crippen molar-refractivity contribution < 1.29 is 27.8 Å². The van der Waals surface area contributed by atoms with Crippen LogP contribution in [-0.2, 0) is 9.59 Å². The van der Waals surface area contributed by atoms with Gasteiger partial charge < -0.3 is 24.8 Å². The number of aliphatic imine (C=N–C) groups is 1. The molecule has 50 heavy (non-hydrogen) atoms. The van der Waals surface area contributed by atoms with Crippen LogP contribution >= 0.6 is 11.9 Å². The molecule has 0 radical (unpaired) electrons. The number of rotatable bonds is 14. The van der Waals surface area contributed by atoms with Crippen LogP contribution in [0.5, 0.6) is 17.2 Å². The molecule has 1 unspecified atom stereocenters. The van der Waals surface area contributed by atoms with Gasteiger partial charge in [0.05, 0.1) is 30.2 Å². The van der Waals surface area contributed by atoms with Crippen molar-refractivity contribution in [3.05, 3.63) is 99.3 Å². The van der Waals surface area contributed by atoms with Crippen molar-refractivity contribution in [1.29, 1.82) is 0 Å². The Kier molecular flexibility index (Phi) is 13.2. The van der Waals surface area contributed by atoms with Crippen LogP contribution in [-0.4, -0.2) is 48.8 Å². The average Bonchev–Trinajstić information content (AvgIpc) is 3.61. The summed E-state index contributed by atoms with van der Waals surface area (Å²) in [7, 11) is 1.57. The number of aryl methyl sites for hydroxylation is 1. The third kappa shape index (κ3) is 9.53. The molecule has 3 aromatic carbocycles. The standard InChI is InChI=1S/C39H46F2N4O4S/c1-23(2)30-20-34(44-50-22-37(46)45-14-10-11-15-45)36(48-7)18-28(30)16-25(4)39(47)31(26(5)42)21-43-27(6)38-24(3)17-29(19-33(38)41)49-35-13-9-8-12-32(35)40/h8-9,12-13,16-21,23,27,44H,10-11,14-15,22,42H2,1-7H3/b25-16+,31-26-,43-21-. The maximum absolute atomic E-state index is 15.3. The van der Waals surface area contributed by atoms with Gasteiger partial charge in [0.15, 0.2) is 17.3 Å². The van der Waals surface area contributed by atoms with E-state index in [-0.39, 0.29) is 40.4 Å². The topological polar surface area (TPSA) is 106 Å². The number of likely N-dealkylation sites (tertiary alicyclic amines) is 1. The fourth-order valence-electron chi connectivity index (χ4n) is 5.80. The Morgan fingerprint density at radius 3 is 2.36 bits per heavy atom. The molecule has 0 aromatic heterocycles. The van der Waals surface area contributed by atoms with Gasteiger partial charge >= 0.3 is 0 Å². The first-order chi connectivity index (χ1) is 23.8. The van der Waals surface area contributed by atoms with Gasteiger partial charge in [-0.1, -0.05) is 26.0 Å². The van der Waals surface area contributed by atoms with Gasteiger partial charge in [-0.05, 0) is 117 Å². The number of nitrogens with two attached hydrogens (primary N) is 1. The van der Waals surface area contributed by atoms with Crippen LogP contribution in [0, 0.1) is 18.6 Å². The second kappa shape index (κ2) is 17.3. The Morgan fingerprint density at radius 1 is 1.04 bits per heavy atom. The number of Topliss-reactive ketones (excluding diaryl/α,β-unsaturated/α-hetero) is 1. The molecule has 1 atom stereocenters. The highest BCUT2D eigenvalue weighted by molar-refractivity contribution is 8.01. The van der Waals surface area contributed by atoms with E-state index in [1.165, 1.54) is 36.4 Å². The first-order valence-corrected chi connectivity index (χ1v) is 17.6. The molecule has 1 amide bonds. The Morgan fingerprint density at radius 2 is 1.74 bits per heavy atom. The lowest BCUT2D eigenvalue weighted by Gasteiger charge is -2.19. The van der Waals surface area contributed by atoms with Gasteiger partial charge in [-0.2, -0.15) is 0 Å². The van der Waals surface area contributed by atoms with Gasteiger partial charge in [0.25, 0.3) is 0 Å². The van der Waals surface area contributed by atoms with Crippen LogP contribution in [0.25, 0.3) is 6.08 Å². The lowest BCUT2D eigenvalue weighted by atomic mass is 9.93. The number of benzene rings is 3. The number of allylic oxidation sites excluding steroid dienone is 3. The van der Waals surface area contributed by atoms with Gasteiger partial charge in [0.1, 0.15) is 17.3 Å². The number of methoxy groups -OCH3 is 1. The summed E-state index contributed by atoms with van der Waals surface area (Å²) < 4.78 is 44.0. The molecule has 1 aliphatic heterocycles. The number of carbonyl (C=O) groups is 2. The molecule has 1 heterocycles. The van der Waals surface area contributed by atoms with Crippen molar-refractivity contribution in [3.63, 3.8) is 0 Å². The summed E-state index contributed by atoms with van der Waals surface area (Å²) in [5.74, 6) is -0.181. The van der Waals surface area contributed by atoms with E-state index in [2.05, 4.69) is 23.6 Å². The van der Waals surface area contributed by atoms with E-state index in [1.807, 2.05) is 17.0 Å². The molecule has 266 valence electrons. The quantitative estimate of drug-likeness (QED) is 0.0981. The van der Waals surface area contributed by atoms with E-state index in [4.69, 9.17) is 15.2 Å². The number of hydrogen-bond acceptors (Lipinski definition) is 8. The van der Waals surface area contributed by atoms with Crippen molar-refractivity contribution >= 4 is 41.6 Å². The number of nitrogens with zero attached hydrogens (tertiary/aromatic N) is 2. The van der Waals surface area contributed by atoms with E-state index >= 15 is 4.39 Å². The smallest absolute Gasteiger partial charge is 0.234 e. The molecule has 11 heteroatoms. The molecule has 0 aliphatic carbocycles. The summed E-state index contributed by atoms with van der Waals surface area (Å²) >= 11 is 1.32. The Hall–Kier alpha value is -4.64. The second-order valence-corrected chi connectivity index (χ2v) is 13.5. The highest BCUT2D eigenvalue weighted by Gasteiger charge is 2.21. The largest absolute Gasteiger partial charge is 0.495 e. The first kappa shape index (κ1) is 38.2. The SMILES string of the molecule is COc1cc(/C=C(\C)C(=O)C(/C=N\C(C)c2c(C)cc(Oc3ccccc3F)cc2F)=C(/C)N)c(C(C)C)cc1NSCC(=O)N1CCCC1. The number of amides is 1. The second-order valence-electron chi connectivity index (χ2n) is 12.7. The monoisotopic (exact) mass is 704 g/mol. The summed E-state index contributed by atoms with van der Waals surface area (Å²) in [6.45, 7) is 12.5. The summed E-state index contributed by atoms with van der Waals surface area (Å²) in [4.78, 5) is 32.7. The Balaban J connectivity index is 1.52. The molecule has 0 bridgehead atoms. The number of halogens is 2. The third-order valence-electron chi connectivity index (χ3n) is 8.48. The molecule has 3 N–H and O–H groups in total. The van der Waals surface area contributed by atoms with Gasteiger partial charge in [-0.3, -0.25) is 14.6 Å². The predicted molar refractivity (Wildman–Crippen MR) is 199 cm³/mol. The zero-order valence-corrected chi connectivity index (χ0v) is 30.5. The van der Waals surface area contributed by atoms with E-state index in [1.54, 1.807) is 59.1 Å². The minimum atomic E-state index is -0.663. The number of para-hydroxylation sites is 1. The maximum Gasteiger partial charge on any atom is 0.234 e. The van der Waals surface area contributed by atoms with Gasteiger partial charge in [-0.15, -0.1) is 0 Å². The Labute approximate surface area is 298 Å². The first-order valence-electron chi connectivity index (χ1n) is 16.6. The molecule has 1 saturated heterocycles. The normalized spacial score (nSPS) is 14.6. The van der Waals surface area contributed by atoms with E-state index in [9.17, 15) is 14.0 Å². The van der Waals surface area contributed by atoms with Crippen LogP contribution in [0.1, 0.15) is 81.7 Å². The summed E-state index contributed by atoms with van der Waals surface area (Å²) in [5.41, 5.74) is 10.5. The highest BCUT2D eigenvalue weighted by Crippen LogP contribution is 2.36. The predicted octanol–water partition coefficient (Wildman–Crippen LogP) is 8.92. The third-order valence-corrected chi connectivity index (χ3v) is 9.24. The van der Waals surface area contributed by atoms with Crippen molar-refractivity contribution in [2.75, 3.05) is 30.7 Å². The minimum absolute atomic E-state index is 0.00759. The van der Waals surface area contributed by atoms with Gasteiger partial charge in [0, 0.05) is 36.6 Å². The lowest BCUT2D eigenvalue weighted by Crippen LogP contribution is -2.29. The average molecular weight is 705 g/mol. The van der Waals surface area contributed by atoms with Crippen LogP contribution in [0.4, 0.5) is 14.5 Å². The molecular weight excluding hydrogens is 659 g/mol.